The van der Waals surface area contributed by atoms with E-state index in [1.54, 1.807) is 12.3 Å². The van der Waals surface area contributed by atoms with E-state index in [-0.39, 0.29) is 11.4 Å². The maximum absolute atomic E-state index is 14.7. The second kappa shape index (κ2) is 6.47. The van der Waals surface area contributed by atoms with Gasteiger partial charge in [0, 0.05) is 29.6 Å². The van der Waals surface area contributed by atoms with Crippen molar-refractivity contribution in [2.75, 3.05) is 11.4 Å². The van der Waals surface area contributed by atoms with E-state index in [1.807, 2.05) is 37.3 Å². The van der Waals surface area contributed by atoms with Crippen molar-refractivity contribution >= 4 is 23.2 Å². The van der Waals surface area contributed by atoms with E-state index in [9.17, 15) is 4.39 Å². The summed E-state index contributed by atoms with van der Waals surface area (Å²) in [5, 5.41) is 0. The quantitative estimate of drug-likeness (QED) is 0.637. The second-order valence-electron chi connectivity index (χ2n) is 7.21. The van der Waals surface area contributed by atoms with Gasteiger partial charge in [0.15, 0.2) is 0 Å². The molecule has 1 aliphatic rings. The zero-order valence-corrected chi connectivity index (χ0v) is 15.6. The predicted octanol–water partition coefficient (Wildman–Crippen LogP) is 5.91. The first-order valence-corrected chi connectivity index (χ1v) is 8.73. The van der Waals surface area contributed by atoms with E-state index in [0.29, 0.717) is 5.56 Å². The summed E-state index contributed by atoms with van der Waals surface area (Å²) in [7, 11) is 0. The Morgan fingerprint density at radius 1 is 1.12 bits per heavy atom. The highest BCUT2D eigenvalue weighted by atomic mass is 19.1. The number of fused-ring (bicyclic) bond motifs is 1. The van der Waals surface area contributed by atoms with Gasteiger partial charge < -0.3 is 4.90 Å². The van der Waals surface area contributed by atoms with E-state index in [0.717, 1.165) is 23.5 Å². The molecule has 0 N–H and O–H groups in total. The largest absolute Gasteiger partial charge is 0.363 e. The number of likely N-dealkylation sites (N-methyl/N-ethyl adjacent to an activating group) is 1. The Morgan fingerprint density at radius 3 is 2.44 bits per heavy atom. The summed E-state index contributed by atoms with van der Waals surface area (Å²) in [6.07, 6.45) is 3.86. The second-order valence-corrected chi connectivity index (χ2v) is 7.21. The maximum Gasteiger partial charge on any atom is 0.134 e. The van der Waals surface area contributed by atoms with Gasteiger partial charge in [-0.15, -0.1) is 0 Å². The van der Waals surface area contributed by atoms with Gasteiger partial charge in [-0.1, -0.05) is 23.8 Å². The smallest absolute Gasteiger partial charge is 0.134 e. The predicted molar refractivity (Wildman–Crippen MR) is 106 cm³/mol. The molecule has 25 heavy (non-hydrogen) atoms. The summed E-state index contributed by atoms with van der Waals surface area (Å²) in [4.78, 5) is 6.66. The molecular formula is C22H25FN2. The van der Waals surface area contributed by atoms with Crippen LogP contribution in [0.4, 0.5) is 15.8 Å². The van der Waals surface area contributed by atoms with Gasteiger partial charge in [0.05, 0.1) is 11.2 Å². The van der Waals surface area contributed by atoms with Crippen LogP contribution in [-0.2, 0) is 0 Å². The van der Waals surface area contributed by atoms with Crippen LogP contribution in [0.2, 0.25) is 0 Å². The van der Waals surface area contributed by atoms with Gasteiger partial charge in [-0.25, -0.2) is 4.39 Å². The van der Waals surface area contributed by atoms with Crippen LogP contribution in [-0.4, -0.2) is 18.3 Å². The van der Waals surface area contributed by atoms with Crippen molar-refractivity contribution < 1.29 is 4.39 Å². The third-order valence-electron chi connectivity index (χ3n) is 4.80. The van der Waals surface area contributed by atoms with E-state index >= 15 is 0 Å². The van der Waals surface area contributed by atoms with Gasteiger partial charge in [0.25, 0.3) is 0 Å². The van der Waals surface area contributed by atoms with Gasteiger partial charge in [-0.05, 0) is 64.5 Å². The first-order valence-electron chi connectivity index (χ1n) is 8.73. The number of aliphatic imine (C=N–C) groups is 1. The van der Waals surface area contributed by atoms with Crippen LogP contribution in [0.3, 0.4) is 0 Å². The van der Waals surface area contributed by atoms with Gasteiger partial charge in [0.1, 0.15) is 5.82 Å². The van der Waals surface area contributed by atoms with Crippen molar-refractivity contribution in [3.8, 4) is 0 Å². The number of hydrogen-bond donors (Lipinski definition) is 0. The lowest BCUT2D eigenvalue weighted by Crippen LogP contribution is -2.45. The molecule has 0 spiro atoms. The Labute approximate surface area is 149 Å². The molecule has 0 amide bonds. The monoisotopic (exact) mass is 336 g/mol. The number of hydrogen-bond acceptors (Lipinski definition) is 2. The molecule has 0 saturated carbocycles. The molecule has 0 radical (unpaired) electrons. The normalized spacial score (nSPS) is 16.1. The Hall–Kier alpha value is -2.42. The van der Waals surface area contributed by atoms with Crippen LogP contribution in [0.5, 0.6) is 0 Å². The molecule has 3 heteroatoms. The Kier molecular flexibility index (Phi) is 4.51. The summed E-state index contributed by atoms with van der Waals surface area (Å²) in [5.74, 6) is -0.237. The summed E-state index contributed by atoms with van der Waals surface area (Å²) < 4.78 is 14.7. The minimum Gasteiger partial charge on any atom is -0.363 e. The molecule has 0 atom stereocenters. The van der Waals surface area contributed by atoms with E-state index in [4.69, 9.17) is 0 Å². The number of halogens is 1. The third kappa shape index (κ3) is 3.37. The molecule has 3 rings (SSSR count). The van der Waals surface area contributed by atoms with Crippen molar-refractivity contribution in [1.82, 2.24) is 0 Å². The van der Waals surface area contributed by atoms with Crippen LogP contribution >= 0.6 is 0 Å². The van der Waals surface area contributed by atoms with Gasteiger partial charge in [-0.2, -0.15) is 0 Å². The lowest BCUT2D eigenvalue weighted by Gasteiger charge is -2.42. The number of aryl methyl sites for hydroxylation is 1. The summed E-state index contributed by atoms with van der Waals surface area (Å²) in [5.41, 5.74) is 5.62. The van der Waals surface area contributed by atoms with Crippen molar-refractivity contribution in [1.29, 1.82) is 0 Å². The minimum absolute atomic E-state index is 0.115. The first kappa shape index (κ1) is 17.4. The molecule has 1 heterocycles. The zero-order valence-electron chi connectivity index (χ0n) is 15.6. The van der Waals surface area contributed by atoms with E-state index in [2.05, 4.69) is 43.7 Å². The van der Waals surface area contributed by atoms with Gasteiger partial charge in [0.2, 0.25) is 0 Å². The van der Waals surface area contributed by atoms with E-state index in [1.165, 1.54) is 11.1 Å². The Balaban J connectivity index is 2.02. The van der Waals surface area contributed by atoms with Crippen molar-refractivity contribution in [2.24, 2.45) is 4.99 Å². The Bertz CT molecular complexity index is 845. The number of rotatable bonds is 3. The molecule has 2 aromatic carbocycles. The average molecular weight is 336 g/mol. The molecule has 0 bridgehead atoms. The molecule has 0 fully saturated rings. The number of benzene rings is 2. The van der Waals surface area contributed by atoms with E-state index < -0.39 is 0 Å². The average Bonchev–Trinajstić information content (AvgIpc) is 2.54. The topological polar surface area (TPSA) is 15.6 Å². The van der Waals surface area contributed by atoms with Crippen molar-refractivity contribution in [3.63, 3.8) is 0 Å². The minimum atomic E-state index is -0.237. The van der Waals surface area contributed by atoms with Crippen LogP contribution < -0.4 is 4.90 Å². The number of nitrogens with zero attached hydrogens (tertiary/aromatic N) is 2. The molecule has 0 saturated heterocycles. The summed E-state index contributed by atoms with van der Waals surface area (Å²) >= 11 is 0. The molecule has 2 nitrogen and oxygen atoms in total. The van der Waals surface area contributed by atoms with Crippen LogP contribution in [0, 0.1) is 12.7 Å². The highest BCUT2D eigenvalue weighted by molar-refractivity contribution is 5.89. The maximum atomic E-state index is 14.7. The summed E-state index contributed by atoms with van der Waals surface area (Å²) in [6.45, 7) is 11.4. The van der Waals surface area contributed by atoms with Gasteiger partial charge in [-0.3, -0.25) is 4.99 Å². The first-order chi connectivity index (χ1) is 11.8. The lowest BCUT2D eigenvalue weighted by atomic mass is 9.88. The fourth-order valence-electron chi connectivity index (χ4n) is 3.57. The molecule has 0 unspecified atom stereocenters. The molecule has 0 aliphatic carbocycles. The van der Waals surface area contributed by atoms with Crippen molar-refractivity contribution in [2.45, 2.75) is 40.2 Å². The molecule has 1 aliphatic heterocycles. The standard InChI is InChI=1S/C22H25FN2/c1-6-25-21-12-20(23)17(11-19(21)16(3)13-22(25,4)5)14-24-18-9-7-15(2)8-10-18/h7-14H,6H2,1-5H3. The molecule has 0 aromatic heterocycles. The fraction of sp³-hybridized carbons (Fsp3) is 0.318. The van der Waals surface area contributed by atoms with Crippen LogP contribution in [0.15, 0.2) is 47.5 Å². The number of allylic oxidation sites excluding steroid dienone is 1. The Morgan fingerprint density at radius 2 is 1.80 bits per heavy atom. The number of anilines is 1. The van der Waals surface area contributed by atoms with Crippen molar-refractivity contribution in [3.05, 3.63) is 65.0 Å². The highest BCUT2D eigenvalue weighted by Gasteiger charge is 2.30. The van der Waals surface area contributed by atoms with Gasteiger partial charge >= 0.3 is 0 Å². The molecule has 130 valence electrons. The molecule has 2 aromatic rings. The lowest BCUT2D eigenvalue weighted by molar-refractivity contribution is 0.561. The third-order valence-corrected chi connectivity index (χ3v) is 4.80. The summed E-state index contributed by atoms with van der Waals surface area (Å²) in [6, 6.07) is 11.4. The highest BCUT2D eigenvalue weighted by Crippen LogP contribution is 2.39. The SMILES string of the molecule is CCN1c2cc(F)c(C=Nc3ccc(C)cc3)cc2C(C)=CC1(C)C. The van der Waals surface area contributed by atoms with Crippen LogP contribution in [0.25, 0.3) is 5.57 Å². The zero-order chi connectivity index (χ0) is 18.2. The molecular weight excluding hydrogens is 311 g/mol. The van der Waals surface area contributed by atoms with Crippen LogP contribution in [0.1, 0.15) is 44.4 Å². The fourth-order valence-corrected chi connectivity index (χ4v) is 3.57.